The number of rotatable bonds is 8. The van der Waals surface area contributed by atoms with Gasteiger partial charge in [-0.1, -0.05) is 12.1 Å². The van der Waals surface area contributed by atoms with Crippen molar-refractivity contribution in [3.8, 4) is 5.75 Å². The molecule has 0 spiro atoms. The molecule has 1 aromatic carbocycles. The Hall–Kier alpha value is -2.28. The molecule has 0 radical (unpaired) electrons. The van der Waals surface area contributed by atoms with Crippen LogP contribution in [0.25, 0.3) is 0 Å². The van der Waals surface area contributed by atoms with E-state index in [9.17, 15) is 13.2 Å². The Morgan fingerprint density at radius 1 is 1.06 bits per heavy atom. The maximum absolute atomic E-state index is 14.0. The number of hydrogen-bond acceptors (Lipinski definition) is 5. The maximum Gasteiger partial charge on any atom is 0.308 e. The van der Waals surface area contributed by atoms with Crippen LogP contribution in [0.3, 0.4) is 0 Å². The van der Waals surface area contributed by atoms with E-state index in [4.69, 9.17) is 8.60 Å². The number of carbonyl (C=O) groups is 1. The molecule has 1 amide bonds. The first kappa shape index (κ1) is 21.6. The van der Waals surface area contributed by atoms with Crippen molar-refractivity contribution >= 4 is 16.0 Å². The number of hydrogen-bond donors (Lipinski definition) is 0. The van der Waals surface area contributed by atoms with Crippen LogP contribution in [-0.2, 0) is 28.0 Å². The topological polar surface area (TPSA) is 76.8 Å². The SMILES string of the molecule is CCS(=O)(=O)Oc1cccc(CN(Cc2ccco2)C(=O)C23CC4CC(CC(C4)C2)C3)c1. The highest BCUT2D eigenvalue weighted by Gasteiger charge is 2.55. The van der Waals surface area contributed by atoms with Gasteiger partial charge < -0.3 is 13.5 Å². The molecule has 4 fully saturated rings. The van der Waals surface area contributed by atoms with Gasteiger partial charge in [-0.05, 0) is 93.0 Å². The highest BCUT2D eigenvalue weighted by molar-refractivity contribution is 7.87. The van der Waals surface area contributed by atoms with Crippen LogP contribution in [0.1, 0.15) is 56.8 Å². The van der Waals surface area contributed by atoms with Gasteiger partial charge in [0.2, 0.25) is 5.91 Å². The van der Waals surface area contributed by atoms with Gasteiger partial charge >= 0.3 is 10.1 Å². The predicted molar refractivity (Wildman–Crippen MR) is 120 cm³/mol. The fourth-order valence-electron chi connectivity index (χ4n) is 6.62. The molecule has 0 saturated heterocycles. The Kier molecular flexibility index (Phi) is 5.56. The number of carbonyl (C=O) groups excluding carboxylic acids is 1. The minimum absolute atomic E-state index is 0.0909. The molecule has 4 aliphatic carbocycles. The molecular formula is C25H31NO5S. The van der Waals surface area contributed by atoms with Crippen molar-refractivity contribution in [1.82, 2.24) is 4.90 Å². The van der Waals surface area contributed by atoms with Gasteiger partial charge in [-0.3, -0.25) is 4.79 Å². The van der Waals surface area contributed by atoms with Crippen LogP contribution >= 0.6 is 0 Å². The third kappa shape index (κ3) is 4.32. The number of amides is 1. The Labute approximate surface area is 190 Å². The van der Waals surface area contributed by atoms with Crippen molar-refractivity contribution in [3.63, 3.8) is 0 Å². The van der Waals surface area contributed by atoms with E-state index in [1.54, 1.807) is 31.4 Å². The van der Waals surface area contributed by atoms with Crippen molar-refractivity contribution in [2.24, 2.45) is 23.2 Å². The summed E-state index contributed by atoms with van der Waals surface area (Å²) in [6.07, 6.45) is 8.51. The fraction of sp³-hybridized carbons (Fsp3) is 0.560. The molecule has 7 heteroatoms. The standard InChI is InChI=1S/C25H31NO5S/c1-2-32(28,29)31-22-6-3-5-18(12-22)16-26(17-23-7-4-8-30-23)24(27)25-13-19-9-20(14-25)11-21(10-19)15-25/h3-8,12,19-21H,2,9-11,13-17H2,1H3. The van der Waals surface area contributed by atoms with Crippen molar-refractivity contribution < 1.29 is 21.8 Å². The third-order valence-corrected chi connectivity index (χ3v) is 8.71. The molecule has 4 bridgehead atoms. The lowest BCUT2D eigenvalue weighted by molar-refractivity contribution is -0.159. The average Bonchev–Trinajstić information content (AvgIpc) is 3.25. The molecule has 32 heavy (non-hydrogen) atoms. The highest BCUT2D eigenvalue weighted by atomic mass is 32.2. The summed E-state index contributed by atoms with van der Waals surface area (Å²) in [6, 6.07) is 10.8. The molecule has 6 rings (SSSR count). The van der Waals surface area contributed by atoms with Crippen LogP contribution in [0.5, 0.6) is 5.75 Å². The minimum atomic E-state index is -3.60. The lowest BCUT2D eigenvalue weighted by atomic mass is 9.49. The number of nitrogens with zero attached hydrogens (tertiary/aromatic N) is 1. The van der Waals surface area contributed by atoms with Crippen LogP contribution in [0.4, 0.5) is 0 Å². The second-order valence-corrected chi connectivity index (χ2v) is 11.9. The Morgan fingerprint density at radius 3 is 2.34 bits per heavy atom. The molecule has 0 atom stereocenters. The van der Waals surface area contributed by atoms with E-state index in [1.807, 2.05) is 23.1 Å². The van der Waals surface area contributed by atoms with Gasteiger partial charge in [-0.2, -0.15) is 8.42 Å². The molecule has 0 unspecified atom stereocenters. The van der Waals surface area contributed by atoms with Crippen molar-refractivity contribution in [2.45, 2.75) is 58.5 Å². The molecule has 172 valence electrons. The molecule has 6 nitrogen and oxygen atoms in total. The third-order valence-electron chi connectivity index (χ3n) is 7.55. The predicted octanol–water partition coefficient (Wildman–Crippen LogP) is 4.75. The van der Waals surface area contributed by atoms with Gasteiger partial charge in [0.1, 0.15) is 11.5 Å². The molecule has 1 aromatic heterocycles. The van der Waals surface area contributed by atoms with E-state index in [-0.39, 0.29) is 22.8 Å². The molecule has 2 aromatic rings. The summed E-state index contributed by atoms with van der Waals surface area (Å²) >= 11 is 0. The molecule has 4 saturated carbocycles. The Balaban J connectivity index is 1.40. The summed E-state index contributed by atoms with van der Waals surface area (Å²) < 4.78 is 34.5. The van der Waals surface area contributed by atoms with Gasteiger partial charge in [0.05, 0.1) is 24.0 Å². The summed E-state index contributed by atoms with van der Waals surface area (Å²) in [5.41, 5.74) is 0.597. The first-order chi connectivity index (χ1) is 15.3. The summed E-state index contributed by atoms with van der Waals surface area (Å²) in [7, 11) is -3.60. The van der Waals surface area contributed by atoms with Crippen LogP contribution in [0, 0.1) is 23.2 Å². The minimum Gasteiger partial charge on any atom is -0.467 e. The lowest BCUT2D eigenvalue weighted by Crippen LogP contribution is -2.54. The lowest BCUT2D eigenvalue weighted by Gasteiger charge is -2.56. The molecule has 1 heterocycles. The summed E-state index contributed by atoms with van der Waals surface area (Å²) in [5, 5.41) is 0. The largest absolute Gasteiger partial charge is 0.467 e. The van der Waals surface area contributed by atoms with Crippen molar-refractivity contribution in [1.29, 1.82) is 0 Å². The zero-order chi connectivity index (χ0) is 22.3. The van der Waals surface area contributed by atoms with E-state index in [0.717, 1.165) is 30.6 Å². The number of benzene rings is 1. The molecule has 0 aliphatic heterocycles. The van der Waals surface area contributed by atoms with Gasteiger partial charge in [0.15, 0.2) is 0 Å². The first-order valence-electron chi connectivity index (χ1n) is 11.7. The molecule has 0 N–H and O–H groups in total. The van der Waals surface area contributed by atoms with Crippen molar-refractivity contribution in [2.75, 3.05) is 5.75 Å². The van der Waals surface area contributed by atoms with E-state index in [0.29, 0.717) is 30.8 Å². The van der Waals surface area contributed by atoms with E-state index < -0.39 is 10.1 Å². The second kappa shape index (κ2) is 8.25. The van der Waals surface area contributed by atoms with Crippen LogP contribution in [-0.4, -0.2) is 25.0 Å². The van der Waals surface area contributed by atoms with Crippen molar-refractivity contribution in [3.05, 3.63) is 54.0 Å². The zero-order valence-electron chi connectivity index (χ0n) is 18.5. The Morgan fingerprint density at radius 2 is 1.75 bits per heavy atom. The van der Waals surface area contributed by atoms with Crippen LogP contribution < -0.4 is 4.18 Å². The molecule has 4 aliphatic rings. The summed E-state index contributed by atoms with van der Waals surface area (Å²) in [5.74, 6) is 3.23. The second-order valence-electron chi connectivity index (χ2n) is 10.0. The van der Waals surface area contributed by atoms with E-state index in [2.05, 4.69) is 0 Å². The average molecular weight is 458 g/mol. The first-order valence-corrected chi connectivity index (χ1v) is 13.2. The Bertz CT molecular complexity index is 1040. The van der Waals surface area contributed by atoms with E-state index in [1.165, 1.54) is 19.3 Å². The highest BCUT2D eigenvalue weighted by Crippen LogP contribution is 2.60. The van der Waals surface area contributed by atoms with Gasteiger partial charge in [0.25, 0.3) is 0 Å². The van der Waals surface area contributed by atoms with Gasteiger partial charge in [-0.15, -0.1) is 0 Å². The van der Waals surface area contributed by atoms with Crippen LogP contribution in [0.2, 0.25) is 0 Å². The zero-order valence-corrected chi connectivity index (χ0v) is 19.4. The van der Waals surface area contributed by atoms with Gasteiger partial charge in [0, 0.05) is 6.54 Å². The molecular weight excluding hydrogens is 426 g/mol. The normalized spacial score (nSPS) is 28.6. The monoisotopic (exact) mass is 457 g/mol. The summed E-state index contributed by atoms with van der Waals surface area (Å²) in [4.78, 5) is 15.9. The van der Waals surface area contributed by atoms with Gasteiger partial charge in [-0.25, -0.2) is 0 Å². The fourth-order valence-corrected chi connectivity index (χ4v) is 7.13. The smallest absolute Gasteiger partial charge is 0.308 e. The summed E-state index contributed by atoms with van der Waals surface area (Å²) in [6.45, 7) is 2.35. The number of furan rings is 1. The quantitative estimate of drug-likeness (QED) is 0.535. The van der Waals surface area contributed by atoms with Crippen LogP contribution in [0.15, 0.2) is 47.1 Å². The maximum atomic E-state index is 14.0. The van der Waals surface area contributed by atoms with E-state index >= 15 is 0 Å².